The number of fused-ring (bicyclic) bond motifs is 1. The summed E-state index contributed by atoms with van der Waals surface area (Å²) in [5, 5.41) is 8.52. The number of nitrogens with zero attached hydrogens (tertiary/aromatic N) is 5. The predicted octanol–water partition coefficient (Wildman–Crippen LogP) is 1.92. The van der Waals surface area contributed by atoms with Crippen LogP contribution in [0, 0.1) is 0 Å². The van der Waals surface area contributed by atoms with Crippen LogP contribution >= 0.6 is 24.0 Å². The molecule has 2 aliphatic heterocycles. The van der Waals surface area contributed by atoms with Gasteiger partial charge < -0.3 is 15.2 Å². The van der Waals surface area contributed by atoms with Gasteiger partial charge in [-0.3, -0.25) is 0 Å². The Balaban J connectivity index is 0.00000161. The summed E-state index contributed by atoms with van der Waals surface area (Å²) >= 11 is 0. The molecule has 118 valence electrons. The van der Waals surface area contributed by atoms with Crippen molar-refractivity contribution in [3.63, 3.8) is 0 Å². The third kappa shape index (κ3) is 4.08. The summed E-state index contributed by atoms with van der Waals surface area (Å²) in [4.78, 5) is 6.75. The summed E-state index contributed by atoms with van der Waals surface area (Å²) in [5.74, 6) is 2.73. The molecule has 7 heteroatoms. The van der Waals surface area contributed by atoms with Crippen LogP contribution in [0.1, 0.15) is 50.2 Å². The smallest absolute Gasteiger partial charge is 0.191 e. The molecule has 0 saturated carbocycles. The van der Waals surface area contributed by atoms with E-state index in [1.165, 1.54) is 38.5 Å². The lowest BCUT2D eigenvalue weighted by Gasteiger charge is -2.21. The van der Waals surface area contributed by atoms with Crippen LogP contribution in [-0.4, -0.2) is 38.7 Å². The molecule has 2 N–H and O–H groups in total. The zero-order valence-corrected chi connectivity index (χ0v) is 14.8. The second kappa shape index (κ2) is 7.95. The van der Waals surface area contributed by atoms with E-state index in [0.717, 1.165) is 37.7 Å². The van der Waals surface area contributed by atoms with E-state index in [1.807, 2.05) is 0 Å². The number of likely N-dealkylation sites (tertiary alicyclic amines) is 1. The Morgan fingerprint density at radius 2 is 1.71 bits per heavy atom. The van der Waals surface area contributed by atoms with Gasteiger partial charge in [-0.15, -0.1) is 34.2 Å². The summed E-state index contributed by atoms with van der Waals surface area (Å²) in [6.45, 7) is 3.65. The van der Waals surface area contributed by atoms with Gasteiger partial charge >= 0.3 is 0 Å². The van der Waals surface area contributed by atoms with E-state index >= 15 is 0 Å². The van der Waals surface area contributed by atoms with Crippen LogP contribution in [0.4, 0.5) is 0 Å². The number of aryl methyl sites for hydroxylation is 1. The van der Waals surface area contributed by atoms with Crippen molar-refractivity contribution in [3.8, 4) is 0 Å². The van der Waals surface area contributed by atoms with E-state index in [4.69, 9.17) is 5.73 Å². The van der Waals surface area contributed by atoms with E-state index < -0.39 is 0 Å². The van der Waals surface area contributed by atoms with Crippen LogP contribution in [-0.2, 0) is 19.5 Å². The average molecular weight is 404 g/mol. The van der Waals surface area contributed by atoms with E-state index in [9.17, 15) is 0 Å². The lowest BCUT2D eigenvalue weighted by molar-refractivity contribution is 0.427. The maximum absolute atomic E-state index is 6.13. The highest BCUT2D eigenvalue weighted by Crippen LogP contribution is 2.15. The maximum Gasteiger partial charge on any atom is 0.191 e. The van der Waals surface area contributed by atoms with Gasteiger partial charge in [-0.05, 0) is 25.7 Å². The van der Waals surface area contributed by atoms with Gasteiger partial charge in [0.2, 0.25) is 0 Å². The number of guanidine groups is 1. The molecule has 0 unspecified atom stereocenters. The van der Waals surface area contributed by atoms with Gasteiger partial charge in [0.05, 0.1) is 0 Å². The Bertz CT molecular complexity index is 476. The summed E-state index contributed by atoms with van der Waals surface area (Å²) in [6.07, 6.45) is 8.52. The largest absolute Gasteiger partial charge is 0.370 e. The monoisotopic (exact) mass is 404 g/mol. The number of nitrogens with two attached hydrogens (primary N) is 1. The van der Waals surface area contributed by atoms with Crippen LogP contribution in [0.3, 0.4) is 0 Å². The third-order valence-electron chi connectivity index (χ3n) is 4.25. The molecule has 3 rings (SSSR count). The van der Waals surface area contributed by atoms with Gasteiger partial charge in [-0.25, -0.2) is 4.99 Å². The SMILES string of the molecule is I.NC(=NCc1nnc2n1CCCC2)N1CCCCCC1. The van der Waals surface area contributed by atoms with Crippen molar-refractivity contribution in [3.05, 3.63) is 11.6 Å². The molecule has 0 aromatic carbocycles. The number of rotatable bonds is 2. The minimum Gasteiger partial charge on any atom is -0.370 e. The fourth-order valence-corrected chi connectivity index (χ4v) is 3.04. The zero-order valence-electron chi connectivity index (χ0n) is 12.5. The molecule has 1 aromatic heterocycles. The van der Waals surface area contributed by atoms with Crippen molar-refractivity contribution in [2.24, 2.45) is 10.7 Å². The first-order chi connectivity index (χ1) is 9.84. The molecule has 1 aromatic rings. The molecular formula is C14H25IN6. The molecule has 2 aliphatic rings. The lowest BCUT2D eigenvalue weighted by atomic mass is 10.2. The molecule has 0 atom stereocenters. The molecule has 0 spiro atoms. The van der Waals surface area contributed by atoms with Gasteiger partial charge in [-0.1, -0.05) is 12.8 Å². The Hall–Kier alpha value is -0.860. The zero-order chi connectivity index (χ0) is 13.8. The van der Waals surface area contributed by atoms with Crippen LogP contribution in [0.2, 0.25) is 0 Å². The minimum atomic E-state index is 0. The molecular weight excluding hydrogens is 379 g/mol. The fraction of sp³-hybridized carbons (Fsp3) is 0.786. The van der Waals surface area contributed by atoms with E-state index in [0.29, 0.717) is 12.5 Å². The van der Waals surface area contributed by atoms with Crippen molar-refractivity contribution < 1.29 is 0 Å². The van der Waals surface area contributed by atoms with Crippen molar-refractivity contribution in [2.75, 3.05) is 13.1 Å². The van der Waals surface area contributed by atoms with E-state index in [2.05, 4.69) is 24.7 Å². The van der Waals surface area contributed by atoms with Gasteiger partial charge in [0.25, 0.3) is 0 Å². The Kier molecular flexibility index (Phi) is 6.25. The molecule has 0 aliphatic carbocycles. The van der Waals surface area contributed by atoms with Crippen LogP contribution < -0.4 is 5.73 Å². The molecule has 1 saturated heterocycles. The Morgan fingerprint density at radius 3 is 2.48 bits per heavy atom. The standard InChI is InChI=1S/C14H24N6.HI/c15-14(19-8-4-1-2-5-9-19)16-11-13-18-17-12-7-3-6-10-20(12)13;/h1-11H2,(H2,15,16);1H. The molecule has 6 nitrogen and oxygen atoms in total. The van der Waals surface area contributed by atoms with E-state index in [-0.39, 0.29) is 24.0 Å². The minimum absolute atomic E-state index is 0. The van der Waals surface area contributed by atoms with Crippen LogP contribution in [0.5, 0.6) is 0 Å². The maximum atomic E-state index is 6.13. The Labute approximate surface area is 143 Å². The average Bonchev–Trinajstić information content (AvgIpc) is 2.70. The van der Waals surface area contributed by atoms with Crippen molar-refractivity contribution in [1.82, 2.24) is 19.7 Å². The first-order valence-electron chi connectivity index (χ1n) is 7.80. The first kappa shape index (κ1) is 16.5. The quantitative estimate of drug-likeness (QED) is 0.465. The number of halogens is 1. The van der Waals surface area contributed by atoms with Gasteiger partial charge in [0.1, 0.15) is 12.4 Å². The molecule has 21 heavy (non-hydrogen) atoms. The second-order valence-electron chi connectivity index (χ2n) is 5.72. The van der Waals surface area contributed by atoms with Gasteiger partial charge in [0.15, 0.2) is 11.8 Å². The topological polar surface area (TPSA) is 72.3 Å². The normalized spacial score (nSPS) is 19.6. The second-order valence-corrected chi connectivity index (χ2v) is 5.72. The highest BCUT2D eigenvalue weighted by atomic mass is 127. The van der Waals surface area contributed by atoms with Crippen molar-refractivity contribution in [1.29, 1.82) is 0 Å². The summed E-state index contributed by atoms with van der Waals surface area (Å²) in [6, 6.07) is 0. The molecule has 0 bridgehead atoms. The third-order valence-corrected chi connectivity index (χ3v) is 4.25. The number of hydrogen-bond donors (Lipinski definition) is 1. The highest BCUT2D eigenvalue weighted by Gasteiger charge is 2.16. The summed E-state index contributed by atoms with van der Waals surface area (Å²) in [5.41, 5.74) is 6.13. The Morgan fingerprint density at radius 1 is 1.00 bits per heavy atom. The number of hydrogen-bond acceptors (Lipinski definition) is 3. The fourth-order valence-electron chi connectivity index (χ4n) is 3.04. The molecule has 1 fully saturated rings. The predicted molar refractivity (Wildman–Crippen MR) is 93.7 cm³/mol. The summed E-state index contributed by atoms with van der Waals surface area (Å²) in [7, 11) is 0. The van der Waals surface area contributed by atoms with Gasteiger partial charge in [0, 0.05) is 26.1 Å². The van der Waals surface area contributed by atoms with E-state index in [1.54, 1.807) is 0 Å². The van der Waals surface area contributed by atoms with Crippen LogP contribution in [0.15, 0.2) is 4.99 Å². The number of aliphatic imine (C=N–C) groups is 1. The van der Waals surface area contributed by atoms with Crippen molar-refractivity contribution in [2.45, 2.75) is 58.0 Å². The number of aromatic nitrogens is 3. The highest BCUT2D eigenvalue weighted by molar-refractivity contribution is 14.0. The molecule has 0 radical (unpaired) electrons. The first-order valence-corrected chi connectivity index (χ1v) is 7.80. The van der Waals surface area contributed by atoms with Crippen molar-refractivity contribution >= 4 is 29.9 Å². The van der Waals surface area contributed by atoms with Gasteiger partial charge in [-0.2, -0.15) is 0 Å². The molecule has 0 amide bonds. The lowest BCUT2D eigenvalue weighted by Crippen LogP contribution is -2.38. The summed E-state index contributed by atoms with van der Waals surface area (Å²) < 4.78 is 2.21. The molecule has 3 heterocycles. The van der Waals surface area contributed by atoms with Crippen LogP contribution in [0.25, 0.3) is 0 Å².